The Kier molecular flexibility index (Phi) is 1.93. The average molecular weight is 209 g/mol. The zero-order valence-electron chi connectivity index (χ0n) is 7.68. The van der Waals surface area contributed by atoms with Gasteiger partial charge in [-0.15, -0.1) is 0 Å². The second-order valence-corrected chi connectivity index (χ2v) is 2.80. The van der Waals surface area contributed by atoms with E-state index in [4.69, 9.17) is 9.84 Å². The summed E-state index contributed by atoms with van der Waals surface area (Å²) < 4.78 is 4.84. The topological polar surface area (TPSA) is 108 Å². The van der Waals surface area contributed by atoms with Gasteiger partial charge in [0.05, 0.1) is 7.11 Å². The molecule has 0 bridgehead atoms. The fraction of sp³-hybridized carbons (Fsp3) is 0.125. The highest BCUT2D eigenvalue weighted by Gasteiger charge is 2.21. The number of aromatic amines is 1. The molecule has 1 heterocycles. The first kappa shape index (κ1) is 9.25. The van der Waals surface area contributed by atoms with Crippen molar-refractivity contribution < 1.29 is 19.7 Å². The maximum atomic E-state index is 10.9. The molecule has 0 aliphatic rings. The molecule has 0 atom stereocenters. The molecule has 0 spiro atoms. The number of benzene rings is 1. The number of methoxy groups -OCH3 is 1. The second-order valence-electron chi connectivity index (χ2n) is 2.80. The van der Waals surface area contributed by atoms with Crippen molar-refractivity contribution in [3.05, 3.63) is 11.6 Å². The van der Waals surface area contributed by atoms with Gasteiger partial charge in [0.1, 0.15) is 16.8 Å². The molecule has 15 heavy (non-hydrogen) atoms. The van der Waals surface area contributed by atoms with Gasteiger partial charge in [-0.05, 0) is 0 Å². The number of phenols is 1. The zero-order valence-corrected chi connectivity index (χ0v) is 7.68. The van der Waals surface area contributed by atoms with Crippen LogP contribution in [0.2, 0.25) is 0 Å². The van der Waals surface area contributed by atoms with Crippen LogP contribution in [0.4, 0.5) is 0 Å². The molecule has 0 amide bonds. The number of aromatic carboxylic acids is 1. The van der Waals surface area contributed by atoms with Gasteiger partial charge in [0.25, 0.3) is 0 Å². The predicted octanol–water partition coefficient (Wildman–Crippen LogP) is 0.370. The second kappa shape index (κ2) is 3.12. The molecule has 78 valence electrons. The van der Waals surface area contributed by atoms with Gasteiger partial charge in [-0.1, -0.05) is 0 Å². The number of hydrogen-bond acceptors (Lipinski definition) is 5. The molecular weight excluding hydrogens is 202 g/mol. The van der Waals surface area contributed by atoms with E-state index in [-0.39, 0.29) is 16.8 Å². The molecule has 2 rings (SSSR count). The van der Waals surface area contributed by atoms with Crippen molar-refractivity contribution in [3.8, 4) is 11.5 Å². The summed E-state index contributed by atoms with van der Waals surface area (Å²) in [5.41, 5.74) is 0.126. The van der Waals surface area contributed by atoms with Crippen LogP contribution in [0.25, 0.3) is 11.0 Å². The van der Waals surface area contributed by atoms with Crippen LogP contribution in [0.3, 0.4) is 0 Å². The van der Waals surface area contributed by atoms with Crippen LogP contribution in [0, 0.1) is 0 Å². The fourth-order valence-electron chi connectivity index (χ4n) is 1.31. The predicted molar refractivity (Wildman–Crippen MR) is 49.1 cm³/mol. The maximum absolute atomic E-state index is 10.9. The SMILES string of the molecule is COc1cc2n[nH]nc2c(O)c1C(=O)O. The third kappa shape index (κ3) is 1.25. The van der Waals surface area contributed by atoms with E-state index < -0.39 is 11.7 Å². The van der Waals surface area contributed by atoms with Gasteiger partial charge in [-0.3, -0.25) is 0 Å². The Balaban J connectivity index is 2.85. The number of hydrogen-bond donors (Lipinski definition) is 3. The number of carboxylic acids is 1. The van der Waals surface area contributed by atoms with Crippen LogP contribution in [-0.4, -0.2) is 38.7 Å². The molecule has 7 nitrogen and oxygen atoms in total. The molecule has 3 N–H and O–H groups in total. The molecule has 0 aliphatic heterocycles. The highest BCUT2D eigenvalue weighted by atomic mass is 16.5. The van der Waals surface area contributed by atoms with Gasteiger partial charge >= 0.3 is 5.97 Å². The smallest absolute Gasteiger partial charge is 0.343 e. The number of aromatic hydroxyl groups is 1. The largest absolute Gasteiger partial charge is 0.505 e. The molecule has 0 unspecified atom stereocenters. The van der Waals surface area contributed by atoms with Gasteiger partial charge < -0.3 is 14.9 Å². The normalized spacial score (nSPS) is 10.5. The number of carbonyl (C=O) groups is 1. The standard InChI is InChI=1S/C8H7N3O4/c1-15-4-2-3-6(10-11-9-3)7(12)5(4)8(13)14/h2,12H,1H3,(H,13,14)(H,9,10,11). The van der Waals surface area contributed by atoms with Crippen molar-refractivity contribution in [2.45, 2.75) is 0 Å². The van der Waals surface area contributed by atoms with Crippen LogP contribution < -0.4 is 4.74 Å². The minimum Gasteiger partial charge on any atom is -0.505 e. The number of nitrogens with one attached hydrogen (secondary N) is 1. The fourth-order valence-corrected chi connectivity index (χ4v) is 1.31. The van der Waals surface area contributed by atoms with E-state index in [2.05, 4.69) is 15.4 Å². The molecule has 0 saturated heterocycles. The number of fused-ring (bicyclic) bond motifs is 1. The first-order chi connectivity index (χ1) is 7.15. The van der Waals surface area contributed by atoms with Crippen LogP contribution in [0.1, 0.15) is 10.4 Å². The molecule has 0 fully saturated rings. The number of aromatic nitrogens is 3. The van der Waals surface area contributed by atoms with E-state index in [1.54, 1.807) is 0 Å². The zero-order chi connectivity index (χ0) is 11.0. The van der Waals surface area contributed by atoms with E-state index in [9.17, 15) is 9.90 Å². The molecule has 0 radical (unpaired) electrons. The van der Waals surface area contributed by atoms with Crippen LogP contribution in [0.15, 0.2) is 6.07 Å². The summed E-state index contributed by atoms with van der Waals surface area (Å²) in [6, 6.07) is 1.39. The van der Waals surface area contributed by atoms with E-state index in [0.717, 1.165) is 0 Å². The summed E-state index contributed by atoms with van der Waals surface area (Å²) in [5.74, 6) is -1.69. The van der Waals surface area contributed by atoms with Crippen LogP contribution in [0.5, 0.6) is 11.5 Å². The molecule has 7 heteroatoms. The van der Waals surface area contributed by atoms with Crippen LogP contribution >= 0.6 is 0 Å². The highest BCUT2D eigenvalue weighted by Crippen LogP contribution is 2.33. The Morgan fingerprint density at radius 3 is 2.87 bits per heavy atom. The molecule has 1 aromatic carbocycles. The Bertz CT molecular complexity index is 534. The molecule has 0 saturated carbocycles. The first-order valence-electron chi connectivity index (χ1n) is 3.99. The number of nitrogens with zero attached hydrogens (tertiary/aromatic N) is 2. The number of rotatable bonds is 2. The van der Waals surface area contributed by atoms with Crippen molar-refractivity contribution >= 4 is 17.0 Å². The highest BCUT2D eigenvalue weighted by molar-refractivity contribution is 6.00. The number of ether oxygens (including phenoxy) is 1. The Hall–Kier alpha value is -2.31. The van der Waals surface area contributed by atoms with Gasteiger partial charge in [0.15, 0.2) is 11.3 Å². The van der Waals surface area contributed by atoms with Crippen molar-refractivity contribution in [2.24, 2.45) is 0 Å². The molecular formula is C8H7N3O4. The van der Waals surface area contributed by atoms with E-state index in [1.165, 1.54) is 13.2 Å². The third-order valence-electron chi connectivity index (χ3n) is 1.98. The van der Waals surface area contributed by atoms with Crippen molar-refractivity contribution in [1.82, 2.24) is 15.4 Å². The summed E-state index contributed by atoms with van der Waals surface area (Å²) in [6.07, 6.45) is 0. The maximum Gasteiger partial charge on any atom is 0.343 e. The van der Waals surface area contributed by atoms with Gasteiger partial charge in [0, 0.05) is 6.07 Å². The lowest BCUT2D eigenvalue weighted by molar-refractivity contribution is 0.0690. The Labute approximate surface area is 83.3 Å². The van der Waals surface area contributed by atoms with Crippen molar-refractivity contribution in [3.63, 3.8) is 0 Å². The van der Waals surface area contributed by atoms with E-state index >= 15 is 0 Å². The van der Waals surface area contributed by atoms with E-state index in [1.807, 2.05) is 0 Å². The summed E-state index contributed by atoms with van der Waals surface area (Å²) in [6.45, 7) is 0. The minimum atomic E-state index is -1.28. The molecule has 0 aliphatic carbocycles. The Morgan fingerprint density at radius 1 is 1.53 bits per heavy atom. The summed E-state index contributed by atoms with van der Waals surface area (Å²) in [4.78, 5) is 10.9. The monoisotopic (exact) mass is 209 g/mol. The lowest BCUT2D eigenvalue weighted by Gasteiger charge is -2.05. The van der Waals surface area contributed by atoms with Gasteiger partial charge in [-0.25, -0.2) is 4.79 Å². The molecule has 2 aromatic rings. The quantitative estimate of drug-likeness (QED) is 0.659. The number of H-pyrrole nitrogens is 1. The van der Waals surface area contributed by atoms with Crippen LogP contribution in [-0.2, 0) is 0 Å². The van der Waals surface area contributed by atoms with Gasteiger partial charge in [-0.2, -0.15) is 15.4 Å². The van der Waals surface area contributed by atoms with Crippen molar-refractivity contribution in [1.29, 1.82) is 0 Å². The number of carboxylic acid groups (broad SMARTS) is 1. The first-order valence-corrected chi connectivity index (χ1v) is 3.99. The average Bonchev–Trinajstić information content (AvgIpc) is 2.64. The third-order valence-corrected chi connectivity index (χ3v) is 1.98. The molecule has 1 aromatic heterocycles. The lowest BCUT2D eigenvalue weighted by Crippen LogP contribution is -2.01. The minimum absolute atomic E-state index is 0.0430. The summed E-state index contributed by atoms with van der Waals surface area (Å²) in [5, 5.41) is 28.2. The Morgan fingerprint density at radius 2 is 2.27 bits per heavy atom. The lowest BCUT2D eigenvalue weighted by atomic mass is 10.1. The summed E-state index contributed by atoms with van der Waals surface area (Å²) >= 11 is 0. The van der Waals surface area contributed by atoms with Crippen molar-refractivity contribution in [2.75, 3.05) is 7.11 Å². The van der Waals surface area contributed by atoms with Gasteiger partial charge in [0.2, 0.25) is 0 Å². The summed E-state index contributed by atoms with van der Waals surface area (Å²) in [7, 11) is 1.31. The van der Waals surface area contributed by atoms with E-state index in [0.29, 0.717) is 5.52 Å².